The predicted octanol–water partition coefficient (Wildman–Crippen LogP) is 2.39. The molecule has 0 bridgehead atoms. The maximum Gasteiger partial charge on any atom is 0.336 e. The van der Waals surface area contributed by atoms with Gasteiger partial charge in [0.15, 0.2) is 0 Å². The van der Waals surface area contributed by atoms with Gasteiger partial charge in [-0.25, -0.2) is 9.59 Å². The first-order chi connectivity index (χ1) is 9.22. The lowest BCUT2D eigenvalue weighted by molar-refractivity contribution is -0.147. The molecule has 0 aliphatic heterocycles. The topological polar surface area (TPSA) is 88.1 Å². The summed E-state index contributed by atoms with van der Waals surface area (Å²) in [7, 11) is -3.49. The molecular weight excluding hydrogens is 287 g/mol. The molecule has 0 saturated heterocycles. The molecule has 0 aromatic carbocycles. The maximum absolute atomic E-state index is 12.0. The highest BCUT2D eigenvalue weighted by atomic mass is 31.2. The third kappa shape index (κ3) is 7.23. The fourth-order valence-corrected chi connectivity index (χ4v) is 1.65. The number of rotatable bonds is 9. The van der Waals surface area contributed by atoms with Crippen molar-refractivity contribution in [1.29, 1.82) is 0 Å². The Labute approximate surface area is 118 Å². The van der Waals surface area contributed by atoms with E-state index in [9.17, 15) is 14.2 Å². The lowest BCUT2D eigenvalue weighted by atomic mass is 10.4. The van der Waals surface area contributed by atoms with Gasteiger partial charge in [0.25, 0.3) is 0 Å². The summed E-state index contributed by atoms with van der Waals surface area (Å²) in [5.41, 5.74) is 0.382. The zero-order valence-electron chi connectivity index (χ0n) is 11.8. The van der Waals surface area contributed by atoms with Gasteiger partial charge in [0.05, 0.1) is 0 Å². The van der Waals surface area contributed by atoms with E-state index in [4.69, 9.17) is 9.05 Å². The van der Waals surface area contributed by atoms with Crippen LogP contribution in [-0.4, -0.2) is 31.7 Å². The molecule has 8 heteroatoms. The van der Waals surface area contributed by atoms with Gasteiger partial charge in [-0.3, -0.25) is 13.6 Å². The van der Waals surface area contributed by atoms with E-state index in [1.54, 1.807) is 6.92 Å². The Bertz CT molecular complexity index is 405. The third-order valence-electron chi connectivity index (χ3n) is 1.96. The molecule has 0 N–H and O–H groups in total. The second kappa shape index (κ2) is 8.68. The van der Waals surface area contributed by atoms with Gasteiger partial charge in [0.2, 0.25) is 13.6 Å². The monoisotopic (exact) mass is 306 g/mol. The van der Waals surface area contributed by atoms with Crippen LogP contribution in [-0.2, 0) is 32.7 Å². The Morgan fingerprint density at radius 1 is 0.950 bits per heavy atom. The van der Waals surface area contributed by atoms with Crippen molar-refractivity contribution < 1.29 is 32.7 Å². The molecule has 0 rings (SSSR count). The number of carbonyl (C=O) groups excluding carboxylic acids is 2. The number of hydrogen-bond acceptors (Lipinski definition) is 7. The molecule has 0 atom stereocenters. The average Bonchev–Trinajstić information content (AvgIpc) is 2.38. The minimum absolute atomic E-state index is 0.0300. The molecule has 114 valence electrons. The summed E-state index contributed by atoms with van der Waals surface area (Å²) in [6, 6.07) is 0. The highest BCUT2D eigenvalue weighted by molar-refractivity contribution is 7.53. The normalized spacial score (nSPS) is 10.8. The summed E-state index contributed by atoms with van der Waals surface area (Å²) < 4.78 is 31.0. The van der Waals surface area contributed by atoms with Crippen molar-refractivity contribution in [2.75, 3.05) is 19.7 Å². The number of ether oxygens (including phenoxy) is 2. The van der Waals surface area contributed by atoms with Crippen molar-refractivity contribution in [1.82, 2.24) is 0 Å². The van der Waals surface area contributed by atoms with Crippen molar-refractivity contribution in [2.45, 2.75) is 20.8 Å². The molecule has 20 heavy (non-hydrogen) atoms. The van der Waals surface area contributed by atoms with Gasteiger partial charge < -0.3 is 9.47 Å². The molecule has 0 heterocycles. The van der Waals surface area contributed by atoms with Crippen LogP contribution >= 0.6 is 7.60 Å². The first-order valence-corrected chi connectivity index (χ1v) is 7.48. The predicted molar refractivity (Wildman–Crippen MR) is 71.9 cm³/mol. The summed E-state index contributed by atoms with van der Waals surface area (Å²) in [4.78, 5) is 22.2. The van der Waals surface area contributed by atoms with Gasteiger partial charge in [0, 0.05) is 17.3 Å². The van der Waals surface area contributed by atoms with E-state index >= 15 is 0 Å². The lowest BCUT2D eigenvalue weighted by Crippen LogP contribution is -2.12. The van der Waals surface area contributed by atoms with E-state index in [0.29, 0.717) is 0 Å². The van der Waals surface area contributed by atoms with Gasteiger partial charge in [0.1, 0.15) is 0 Å². The molecule has 0 unspecified atom stereocenters. The van der Waals surface area contributed by atoms with Crippen molar-refractivity contribution >= 4 is 19.5 Å². The molecule has 0 spiro atoms. The van der Waals surface area contributed by atoms with Crippen LogP contribution < -0.4 is 0 Å². The highest BCUT2D eigenvalue weighted by Crippen LogP contribution is 2.47. The molecule has 0 aliphatic carbocycles. The molecule has 0 fully saturated rings. The molecule has 0 radical (unpaired) electrons. The van der Waals surface area contributed by atoms with Crippen molar-refractivity contribution in [3.05, 3.63) is 24.3 Å². The summed E-state index contributed by atoms with van der Waals surface area (Å²) >= 11 is 0. The fourth-order valence-electron chi connectivity index (χ4n) is 0.787. The Morgan fingerprint density at radius 3 is 1.55 bits per heavy atom. The summed E-state index contributed by atoms with van der Waals surface area (Å²) in [5.74, 6) is -1.33. The second-order valence-corrected chi connectivity index (χ2v) is 6.22. The van der Waals surface area contributed by atoms with Crippen LogP contribution in [0.5, 0.6) is 0 Å². The Morgan fingerprint density at radius 2 is 1.30 bits per heavy atom. The van der Waals surface area contributed by atoms with E-state index < -0.39 is 33.1 Å². The van der Waals surface area contributed by atoms with Gasteiger partial charge in [-0.2, -0.15) is 0 Å². The van der Waals surface area contributed by atoms with Crippen LogP contribution in [0.3, 0.4) is 0 Å². The molecule has 0 aliphatic rings. The standard InChI is InChI=1S/C12H19O7P/c1-6-20(15,18-7-16-11(13)9(2)3)19-8-17-12(14)10(4)5/h2,4,6-8H2,1,3,5H3. The van der Waals surface area contributed by atoms with Crippen molar-refractivity contribution in [3.8, 4) is 0 Å². The van der Waals surface area contributed by atoms with Crippen LogP contribution in [0.2, 0.25) is 0 Å². The maximum atomic E-state index is 12.0. The van der Waals surface area contributed by atoms with E-state index in [0.717, 1.165) is 0 Å². The number of hydrogen-bond donors (Lipinski definition) is 0. The largest absolute Gasteiger partial charge is 0.435 e. The third-order valence-corrected chi connectivity index (χ3v) is 3.74. The molecular formula is C12H19O7P. The van der Waals surface area contributed by atoms with Crippen molar-refractivity contribution in [3.63, 3.8) is 0 Å². The molecule has 0 aromatic heterocycles. The van der Waals surface area contributed by atoms with E-state index in [1.165, 1.54) is 13.8 Å². The van der Waals surface area contributed by atoms with Crippen molar-refractivity contribution in [2.24, 2.45) is 0 Å². The van der Waals surface area contributed by atoms with Crippen LogP contribution in [0.15, 0.2) is 24.3 Å². The molecule has 7 nitrogen and oxygen atoms in total. The quantitative estimate of drug-likeness (QED) is 0.280. The van der Waals surface area contributed by atoms with Gasteiger partial charge in [-0.05, 0) is 13.8 Å². The Kier molecular flexibility index (Phi) is 8.06. The molecule has 0 amide bonds. The summed E-state index contributed by atoms with van der Waals surface area (Å²) in [6.07, 6.45) is 0.0300. The SMILES string of the molecule is C=C(C)C(=O)OCOP(=O)(CC)OCOC(=O)C(=C)C. The smallest absolute Gasteiger partial charge is 0.336 e. The van der Waals surface area contributed by atoms with E-state index in [1.807, 2.05) is 0 Å². The Balaban J connectivity index is 4.17. The zero-order valence-corrected chi connectivity index (χ0v) is 12.7. The van der Waals surface area contributed by atoms with Gasteiger partial charge in [-0.15, -0.1) is 0 Å². The minimum atomic E-state index is -3.49. The van der Waals surface area contributed by atoms with E-state index in [-0.39, 0.29) is 17.3 Å². The molecule has 0 saturated carbocycles. The minimum Gasteiger partial charge on any atom is -0.435 e. The number of carbonyl (C=O) groups is 2. The molecule has 0 aromatic rings. The second-order valence-electron chi connectivity index (χ2n) is 3.85. The number of esters is 2. The fraction of sp³-hybridized carbons (Fsp3) is 0.500. The van der Waals surface area contributed by atoms with Crippen LogP contribution in [0, 0.1) is 0 Å². The van der Waals surface area contributed by atoms with Crippen LogP contribution in [0.1, 0.15) is 20.8 Å². The van der Waals surface area contributed by atoms with Crippen LogP contribution in [0.25, 0.3) is 0 Å². The first kappa shape index (κ1) is 18.6. The average molecular weight is 306 g/mol. The highest BCUT2D eigenvalue weighted by Gasteiger charge is 2.23. The zero-order chi connectivity index (χ0) is 15.8. The lowest BCUT2D eigenvalue weighted by Gasteiger charge is -2.16. The van der Waals surface area contributed by atoms with E-state index in [2.05, 4.69) is 22.6 Å². The van der Waals surface area contributed by atoms with Gasteiger partial charge >= 0.3 is 19.5 Å². The van der Waals surface area contributed by atoms with Gasteiger partial charge in [-0.1, -0.05) is 20.1 Å². The summed E-state index contributed by atoms with van der Waals surface area (Å²) in [6.45, 7) is 10.2. The van der Waals surface area contributed by atoms with Crippen LogP contribution in [0.4, 0.5) is 0 Å². The Hall–Kier alpha value is -1.43. The summed E-state index contributed by atoms with van der Waals surface area (Å²) in [5, 5.41) is 0. The first-order valence-electron chi connectivity index (χ1n) is 5.75.